The largest absolute Gasteiger partial charge is 0.354 e. The van der Waals surface area contributed by atoms with Gasteiger partial charge in [0.1, 0.15) is 5.25 Å². The minimum absolute atomic E-state index is 0.179. The summed E-state index contributed by atoms with van der Waals surface area (Å²) in [6, 6.07) is 0. The lowest BCUT2D eigenvalue weighted by atomic mass is 9.61. The van der Waals surface area contributed by atoms with Crippen molar-refractivity contribution in [3.05, 3.63) is 0 Å². The van der Waals surface area contributed by atoms with Gasteiger partial charge < -0.3 is 5.32 Å². The van der Waals surface area contributed by atoms with Crippen LogP contribution in [0.15, 0.2) is 0 Å². The summed E-state index contributed by atoms with van der Waals surface area (Å²) in [6.45, 7) is 0.697. The Bertz CT molecular complexity index is 531. The van der Waals surface area contributed by atoms with Gasteiger partial charge in [0.05, 0.1) is 5.75 Å². The van der Waals surface area contributed by atoms with Crippen molar-refractivity contribution in [2.24, 2.45) is 11.3 Å². The highest BCUT2D eigenvalue weighted by Gasteiger charge is 2.41. The zero-order valence-corrected chi connectivity index (χ0v) is 15.7. The fraction of sp³-hybridized carbons (Fsp3) is 0.947. The van der Waals surface area contributed by atoms with E-state index in [4.69, 9.17) is 0 Å². The molecule has 1 saturated heterocycles. The molecule has 0 radical (unpaired) electrons. The van der Waals surface area contributed by atoms with Gasteiger partial charge in [-0.1, -0.05) is 44.9 Å². The van der Waals surface area contributed by atoms with Gasteiger partial charge in [-0.2, -0.15) is 0 Å². The predicted octanol–water partition coefficient (Wildman–Crippen LogP) is 3.60. The van der Waals surface area contributed by atoms with Crippen LogP contribution in [0.25, 0.3) is 0 Å². The molecule has 1 amide bonds. The first kappa shape index (κ1) is 18.2. The second kappa shape index (κ2) is 7.76. The quantitative estimate of drug-likeness (QED) is 0.838. The number of carbonyl (C=O) groups excluding carboxylic acids is 1. The van der Waals surface area contributed by atoms with Crippen LogP contribution in [0.1, 0.15) is 83.5 Å². The van der Waals surface area contributed by atoms with Crippen LogP contribution in [0, 0.1) is 11.3 Å². The average Bonchev–Trinajstić information content (AvgIpc) is 2.61. The summed E-state index contributed by atoms with van der Waals surface area (Å²) in [7, 11) is -3.23. The summed E-state index contributed by atoms with van der Waals surface area (Å²) in [5.41, 5.74) is 0.229. The van der Waals surface area contributed by atoms with Gasteiger partial charge in [0.15, 0.2) is 9.84 Å². The summed E-state index contributed by atoms with van der Waals surface area (Å²) >= 11 is 0. The Labute approximate surface area is 147 Å². The van der Waals surface area contributed by atoms with Gasteiger partial charge in [0, 0.05) is 6.54 Å². The van der Waals surface area contributed by atoms with Crippen molar-refractivity contribution in [2.75, 3.05) is 12.3 Å². The third-order valence-electron chi connectivity index (χ3n) is 6.81. The summed E-state index contributed by atoms with van der Waals surface area (Å²) in [5.74, 6) is 0.670. The highest BCUT2D eigenvalue weighted by Crippen LogP contribution is 2.47. The van der Waals surface area contributed by atoms with E-state index in [0.29, 0.717) is 19.4 Å². The molecule has 2 saturated carbocycles. The molecule has 1 aliphatic heterocycles. The maximum atomic E-state index is 12.6. The van der Waals surface area contributed by atoms with Crippen LogP contribution in [0.5, 0.6) is 0 Å². The third-order valence-corrected chi connectivity index (χ3v) is 8.98. The zero-order chi connectivity index (χ0) is 17.0. The van der Waals surface area contributed by atoms with E-state index in [9.17, 15) is 13.2 Å². The smallest absolute Gasteiger partial charge is 0.238 e. The van der Waals surface area contributed by atoms with Crippen molar-refractivity contribution < 1.29 is 13.2 Å². The first-order valence-electron chi connectivity index (χ1n) is 10.0. The molecule has 3 aliphatic rings. The van der Waals surface area contributed by atoms with Gasteiger partial charge >= 0.3 is 0 Å². The Morgan fingerprint density at radius 3 is 2.17 bits per heavy atom. The van der Waals surface area contributed by atoms with Gasteiger partial charge in [0.25, 0.3) is 0 Å². The number of hydrogen-bond acceptors (Lipinski definition) is 3. The molecule has 0 aromatic heterocycles. The molecular formula is C19H33NO3S. The maximum Gasteiger partial charge on any atom is 0.238 e. The lowest BCUT2D eigenvalue weighted by Crippen LogP contribution is -2.49. The summed E-state index contributed by atoms with van der Waals surface area (Å²) in [6.07, 6.45) is 14.9. The highest BCUT2D eigenvalue weighted by molar-refractivity contribution is 7.92. The molecule has 1 atom stereocenters. The standard InChI is InChI=1S/C19H33NO3S/c21-18(17-11-5-8-14-24(17,22)23)20-15-19(12-6-2-7-13-19)16-9-3-1-4-10-16/h16-17H,1-15H2,(H,20,21)/t17-/m1/s1. The Morgan fingerprint density at radius 2 is 1.50 bits per heavy atom. The average molecular weight is 356 g/mol. The number of nitrogens with one attached hydrogen (secondary N) is 1. The fourth-order valence-corrected chi connectivity index (χ4v) is 7.15. The molecular weight excluding hydrogens is 322 g/mol. The van der Waals surface area contributed by atoms with Crippen molar-refractivity contribution in [2.45, 2.75) is 88.7 Å². The molecule has 3 rings (SSSR count). The van der Waals surface area contributed by atoms with Crippen LogP contribution in [0.2, 0.25) is 0 Å². The SMILES string of the molecule is O=C(NCC1(C2CCCCC2)CCCCC1)[C@H]1CCCCS1(=O)=O. The van der Waals surface area contributed by atoms with Gasteiger partial charge in [-0.3, -0.25) is 4.79 Å². The Morgan fingerprint density at radius 1 is 0.875 bits per heavy atom. The first-order valence-corrected chi connectivity index (χ1v) is 11.7. The van der Waals surface area contributed by atoms with Gasteiger partial charge in [-0.15, -0.1) is 0 Å². The Kier molecular flexibility index (Phi) is 5.89. The third kappa shape index (κ3) is 3.97. The lowest BCUT2D eigenvalue weighted by Gasteiger charge is -2.46. The van der Waals surface area contributed by atoms with Crippen LogP contribution in [0.4, 0.5) is 0 Å². The van der Waals surface area contributed by atoms with E-state index < -0.39 is 15.1 Å². The minimum Gasteiger partial charge on any atom is -0.354 e. The molecule has 3 fully saturated rings. The van der Waals surface area contributed by atoms with Gasteiger partial charge in [-0.05, 0) is 49.9 Å². The number of carbonyl (C=O) groups is 1. The normalized spacial score (nSPS) is 30.6. The van der Waals surface area contributed by atoms with Crippen molar-refractivity contribution in [1.82, 2.24) is 5.32 Å². The van der Waals surface area contributed by atoms with Crippen molar-refractivity contribution in [1.29, 1.82) is 0 Å². The van der Waals surface area contributed by atoms with Gasteiger partial charge in [-0.25, -0.2) is 8.42 Å². The van der Waals surface area contributed by atoms with Crippen molar-refractivity contribution in [3.8, 4) is 0 Å². The van der Waals surface area contributed by atoms with Crippen molar-refractivity contribution >= 4 is 15.7 Å². The second-order valence-electron chi connectivity index (χ2n) is 8.33. The number of rotatable bonds is 4. The van der Waals surface area contributed by atoms with Crippen LogP contribution >= 0.6 is 0 Å². The van der Waals surface area contributed by atoms with E-state index in [1.54, 1.807) is 0 Å². The molecule has 0 aromatic carbocycles. The van der Waals surface area contributed by atoms with E-state index in [-0.39, 0.29) is 17.1 Å². The van der Waals surface area contributed by atoms with Crippen LogP contribution < -0.4 is 5.32 Å². The van der Waals surface area contributed by atoms with E-state index >= 15 is 0 Å². The number of hydrogen-bond donors (Lipinski definition) is 1. The Balaban J connectivity index is 1.65. The van der Waals surface area contributed by atoms with Crippen LogP contribution in [0.3, 0.4) is 0 Å². The number of amides is 1. The van der Waals surface area contributed by atoms with E-state index in [2.05, 4.69) is 5.32 Å². The molecule has 5 heteroatoms. The molecule has 1 N–H and O–H groups in total. The predicted molar refractivity (Wildman–Crippen MR) is 96.5 cm³/mol. The summed E-state index contributed by atoms with van der Waals surface area (Å²) in [5, 5.41) is 2.30. The molecule has 0 unspecified atom stereocenters. The highest BCUT2D eigenvalue weighted by atomic mass is 32.2. The van der Waals surface area contributed by atoms with Crippen molar-refractivity contribution in [3.63, 3.8) is 0 Å². The molecule has 0 aromatic rings. The summed E-state index contributed by atoms with van der Waals surface area (Å²) in [4.78, 5) is 12.6. The maximum absolute atomic E-state index is 12.6. The zero-order valence-electron chi connectivity index (χ0n) is 14.9. The van der Waals surface area contributed by atoms with E-state index in [0.717, 1.165) is 12.3 Å². The fourth-order valence-electron chi connectivity index (χ4n) is 5.33. The minimum atomic E-state index is -3.23. The van der Waals surface area contributed by atoms with Crippen LogP contribution in [-0.2, 0) is 14.6 Å². The Hall–Kier alpha value is -0.580. The van der Waals surface area contributed by atoms with Crippen LogP contribution in [-0.4, -0.2) is 31.9 Å². The molecule has 24 heavy (non-hydrogen) atoms. The number of sulfone groups is 1. The monoisotopic (exact) mass is 355 g/mol. The molecule has 0 spiro atoms. The van der Waals surface area contributed by atoms with Gasteiger partial charge in [0.2, 0.25) is 5.91 Å². The second-order valence-corrected chi connectivity index (χ2v) is 10.6. The lowest BCUT2D eigenvalue weighted by molar-refractivity contribution is -0.122. The first-order chi connectivity index (χ1) is 11.5. The van der Waals surface area contributed by atoms with E-state index in [1.165, 1.54) is 64.2 Å². The molecule has 2 aliphatic carbocycles. The molecule has 4 nitrogen and oxygen atoms in total. The summed E-state index contributed by atoms with van der Waals surface area (Å²) < 4.78 is 24.4. The topological polar surface area (TPSA) is 63.2 Å². The molecule has 1 heterocycles. The molecule has 0 bridgehead atoms. The van der Waals surface area contributed by atoms with E-state index in [1.807, 2.05) is 0 Å². The molecule has 138 valence electrons.